The molecule has 16 atom stereocenters. The smallest absolute Gasteiger partial charge is 0.220 e. The van der Waals surface area contributed by atoms with Gasteiger partial charge in [0.2, 0.25) is 47.3 Å². The van der Waals surface area contributed by atoms with Crippen molar-refractivity contribution >= 4 is 70.3 Å². The van der Waals surface area contributed by atoms with Crippen LogP contribution in [-0.2, 0) is 69.8 Å². The zero-order valence-electron chi connectivity index (χ0n) is 66.7. The van der Waals surface area contributed by atoms with E-state index in [1.54, 1.807) is 0 Å². The van der Waals surface area contributed by atoms with Crippen molar-refractivity contribution in [2.45, 2.75) is 306 Å². The Labute approximate surface area is 647 Å². The van der Waals surface area contributed by atoms with Gasteiger partial charge in [-0.05, 0) is 95.2 Å². The number of aliphatic hydroxyl groups is 9. The zero-order chi connectivity index (χ0) is 81.4. The summed E-state index contributed by atoms with van der Waals surface area (Å²) in [6.07, 6.45) is -14.8. The molecular formula is C74H135IN8O24. The Morgan fingerprint density at radius 1 is 0.402 bits per heavy atom. The first kappa shape index (κ1) is 97.0. The molecule has 32 nitrogen and oxygen atoms in total. The minimum atomic E-state index is -1.51. The largest absolute Gasteiger partial charge is 0.394 e. The summed E-state index contributed by atoms with van der Waals surface area (Å²) in [5.41, 5.74) is -5.35. The van der Waals surface area contributed by atoms with Crippen molar-refractivity contribution in [2.75, 3.05) is 72.4 Å². The van der Waals surface area contributed by atoms with E-state index in [-0.39, 0.29) is 114 Å². The van der Waals surface area contributed by atoms with Crippen molar-refractivity contribution in [2.24, 2.45) is 43.8 Å². The van der Waals surface area contributed by atoms with Gasteiger partial charge in [-0.2, -0.15) is 0 Å². The van der Waals surface area contributed by atoms with E-state index in [4.69, 9.17) is 31.5 Å². The molecule has 16 unspecified atom stereocenters. The van der Waals surface area contributed by atoms with Crippen LogP contribution >= 0.6 is 23.0 Å². The van der Waals surface area contributed by atoms with Crippen molar-refractivity contribution in [3.8, 4) is 0 Å². The van der Waals surface area contributed by atoms with Crippen molar-refractivity contribution in [1.29, 1.82) is 0 Å². The van der Waals surface area contributed by atoms with Gasteiger partial charge in [0.05, 0.1) is 46.2 Å². The molecule has 33 heteroatoms. The van der Waals surface area contributed by atoms with Crippen molar-refractivity contribution in [3.05, 3.63) is 0 Å². The van der Waals surface area contributed by atoms with Crippen LogP contribution in [-0.4, -0.2) is 263 Å². The summed E-state index contributed by atoms with van der Waals surface area (Å²) in [5.74, 6) is -3.22. The van der Waals surface area contributed by atoms with E-state index in [0.717, 1.165) is 6.42 Å². The van der Waals surface area contributed by atoms with Gasteiger partial charge >= 0.3 is 0 Å². The Hall–Kier alpha value is -4.15. The van der Waals surface area contributed by atoms with E-state index in [9.17, 15) is 84.3 Å². The number of hydrogen-bond acceptors (Lipinski definition) is 24. The zero-order valence-corrected chi connectivity index (χ0v) is 68.9. The molecule has 3 fully saturated rings. The molecule has 0 radical (unpaired) electrons. The van der Waals surface area contributed by atoms with E-state index < -0.39 is 191 Å². The molecule has 3 heterocycles. The second kappa shape index (κ2) is 43.2. The molecule has 3 rings (SSSR count). The van der Waals surface area contributed by atoms with Crippen LogP contribution in [0.2, 0.25) is 0 Å². The maximum absolute atomic E-state index is 14.5. The van der Waals surface area contributed by atoms with Crippen LogP contribution in [0.1, 0.15) is 208 Å². The summed E-state index contributed by atoms with van der Waals surface area (Å²) >= 11 is 1.86. The van der Waals surface area contributed by atoms with E-state index in [1.165, 1.54) is 20.8 Å². The second-order valence-corrected chi connectivity index (χ2v) is 36.4. The summed E-state index contributed by atoms with van der Waals surface area (Å²) in [6, 6.07) is -3.46. The van der Waals surface area contributed by atoms with E-state index in [0.29, 0.717) is 32.4 Å². The van der Waals surface area contributed by atoms with Crippen LogP contribution in [0.3, 0.4) is 0 Å². The highest BCUT2D eigenvalue weighted by molar-refractivity contribution is 14.1. The first-order valence-corrected chi connectivity index (χ1v) is 38.4. The average molecular weight is 1650 g/mol. The molecule has 8 amide bonds. The number of ether oxygens (including phenoxy) is 6. The highest BCUT2D eigenvalue weighted by Crippen LogP contribution is 2.39. The highest BCUT2D eigenvalue weighted by atomic mass is 127. The number of hydrogen-bond donors (Lipinski definition) is 17. The lowest BCUT2D eigenvalue weighted by molar-refractivity contribution is -0.276. The molecule has 0 saturated carbocycles. The number of carbonyl (C=O) groups is 8. The molecule has 622 valence electrons. The first-order valence-electron chi connectivity index (χ1n) is 37.5. The summed E-state index contributed by atoms with van der Waals surface area (Å²) in [5, 5.41) is 117. The lowest BCUT2D eigenvalue weighted by Gasteiger charge is -2.43. The number of carbonyl (C=O) groups excluding carboxylic acids is 8. The van der Waals surface area contributed by atoms with Crippen LogP contribution in [0.4, 0.5) is 0 Å². The monoisotopic (exact) mass is 1650 g/mol. The molecule has 0 bridgehead atoms. The van der Waals surface area contributed by atoms with Crippen LogP contribution in [0, 0.1) is 43.8 Å². The van der Waals surface area contributed by atoms with Gasteiger partial charge in [0, 0.05) is 84.6 Å². The van der Waals surface area contributed by atoms with Gasteiger partial charge < -0.3 is 120 Å². The SMILES string of the molecule is CC(=O)NC1C(OCC(C)(C)CC(C)(C)CNC(=O)CCC(CCC(=O)NCC(C)(C)CC(C)(C)COC2OC(CO)C(O)C(O)C2NC(C)=O)(CCC(=O)NCC(C)(C)CC(C)(C)COC2OC(CO)C(O)C(O)C2NC(C)=O)NC(=O)CCCC(=O)NCC(C)(C)CC(C)COI)OC(CO)C(O)C1O. The maximum Gasteiger partial charge on any atom is 0.220 e. The van der Waals surface area contributed by atoms with Gasteiger partial charge in [0.25, 0.3) is 0 Å². The lowest BCUT2D eigenvalue weighted by atomic mass is 9.75. The Kier molecular flexibility index (Phi) is 39.2. The Bertz CT molecular complexity index is 2580. The number of rotatable bonds is 47. The van der Waals surface area contributed by atoms with Crippen molar-refractivity contribution in [1.82, 2.24) is 42.5 Å². The number of halogens is 1. The highest BCUT2D eigenvalue weighted by Gasteiger charge is 2.50. The molecule has 0 aromatic rings. The van der Waals surface area contributed by atoms with Gasteiger partial charge in [0.1, 0.15) is 96.1 Å². The number of aliphatic hydroxyl groups excluding tert-OH is 9. The van der Waals surface area contributed by atoms with E-state index >= 15 is 0 Å². The molecule has 3 aliphatic rings. The topological polar surface area (TPSA) is 479 Å². The fourth-order valence-corrected chi connectivity index (χ4v) is 15.9. The van der Waals surface area contributed by atoms with Gasteiger partial charge in [-0.15, -0.1) is 0 Å². The van der Waals surface area contributed by atoms with Crippen LogP contribution in [0.15, 0.2) is 0 Å². The van der Waals surface area contributed by atoms with Gasteiger partial charge in [0.15, 0.2) is 18.9 Å². The first-order chi connectivity index (χ1) is 49.3. The Morgan fingerprint density at radius 2 is 0.673 bits per heavy atom. The average Bonchev–Trinajstić information content (AvgIpc) is 0.808. The minimum absolute atomic E-state index is 0.0163. The maximum atomic E-state index is 14.5. The predicted octanol–water partition coefficient (Wildman–Crippen LogP) is 1.44. The van der Waals surface area contributed by atoms with Gasteiger partial charge in [-0.25, -0.2) is 0 Å². The third-order valence-corrected chi connectivity index (χ3v) is 19.9. The predicted molar refractivity (Wildman–Crippen MR) is 402 cm³/mol. The molecule has 0 aromatic heterocycles. The lowest BCUT2D eigenvalue weighted by Crippen LogP contribution is -2.64. The Balaban J connectivity index is 1.96. The number of amides is 8. The second-order valence-electron chi connectivity index (χ2n) is 35.8. The molecule has 3 aliphatic heterocycles. The van der Waals surface area contributed by atoms with Gasteiger partial charge in [-0.3, -0.25) is 38.4 Å². The molecule has 17 N–H and O–H groups in total. The molecule has 0 aromatic carbocycles. The van der Waals surface area contributed by atoms with E-state index in [2.05, 4.69) is 49.5 Å². The summed E-state index contributed by atoms with van der Waals surface area (Å²) < 4.78 is 41.2. The summed E-state index contributed by atoms with van der Waals surface area (Å²) in [6.45, 7) is 32.7. The van der Waals surface area contributed by atoms with Gasteiger partial charge in [-0.1, -0.05) is 104 Å². The third-order valence-electron chi connectivity index (χ3n) is 19.5. The standard InChI is InChI=1S/C74H135IN8O24/c1-43(32-104-75)28-67(5,6)36-76-50(90)20-19-21-54(94)83-74(25-22-51(91)77-37-68(7,8)33-71(13,14)40-101-64-55(80-44(2)87)61(98)58(95)47(29-84)105-64,26-23-52(92)78-38-69(9,10)34-72(15,16)41-102-65-56(81-45(3)88)62(99)59(96)48(30-85)106-65)27-24-53(93)79-39-70(11,12)35-73(17,18)42-103-66-57(82-46(4)89)63(100)60(97)49(31-86)107-66/h43,47-49,55-66,84-86,95-100H,19-42H2,1-18H3,(H,76,90)(H,77,91)(H,78,92)(H,79,93)(H,80,87)(H,81,88)(H,82,89)(H,83,94). The molecule has 0 spiro atoms. The van der Waals surface area contributed by atoms with Crippen molar-refractivity contribution < 1.29 is 116 Å². The Morgan fingerprint density at radius 3 is 0.944 bits per heavy atom. The van der Waals surface area contributed by atoms with Crippen LogP contribution in [0.25, 0.3) is 0 Å². The molecule has 107 heavy (non-hydrogen) atoms. The normalized spacial score (nSPS) is 26.4. The summed E-state index contributed by atoms with van der Waals surface area (Å²) in [4.78, 5) is 107. The molecular weight excluding hydrogens is 1510 g/mol. The minimum Gasteiger partial charge on any atom is -0.394 e. The fraction of sp³-hybridized carbons (Fsp3) is 0.892. The van der Waals surface area contributed by atoms with E-state index in [1.807, 2.05) is 120 Å². The molecule has 0 aliphatic carbocycles. The van der Waals surface area contributed by atoms with Crippen LogP contribution < -0.4 is 42.5 Å². The fourth-order valence-electron chi connectivity index (χ4n) is 15.3. The quantitative estimate of drug-likeness (QED) is 0.0383. The summed E-state index contributed by atoms with van der Waals surface area (Å²) in [7, 11) is 0. The van der Waals surface area contributed by atoms with Crippen molar-refractivity contribution in [3.63, 3.8) is 0 Å². The van der Waals surface area contributed by atoms with Crippen LogP contribution in [0.5, 0.6) is 0 Å². The molecule has 3 saturated heterocycles. The number of nitrogens with one attached hydrogen (secondary N) is 8. The third kappa shape index (κ3) is 34.8.